The molecule has 322 valence electrons. The molecule has 0 N–H and O–H groups in total. The van der Waals surface area contributed by atoms with Crippen molar-refractivity contribution in [3.8, 4) is 39.1 Å². The van der Waals surface area contributed by atoms with E-state index >= 15 is 0 Å². The van der Waals surface area contributed by atoms with Gasteiger partial charge in [0, 0.05) is 50.6 Å². The van der Waals surface area contributed by atoms with Crippen molar-refractivity contribution in [1.82, 2.24) is 4.57 Å². The van der Waals surface area contributed by atoms with E-state index in [1.54, 1.807) is 4.57 Å². The molecule has 2 aliphatic heterocycles. The van der Waals surface area contributed by atoms with E-state index in [4.69, 9.17) is 5.48 Å². The monoisotopic (exact) mass is 877 g/mol. The molecule has 0 atom stereocenters. The first-order valence-electron chi connectivity index (χ1n) is 27.1. The molecule has 3 heterocycles. The second-order valence-corrected chi connectivity index (χ2v) is 18.8. The molecule has 3 nitrogen and oxygen atoms in total. The van der Waals surface area contributed by atoms with E-state index in [0.29, 0.717) is 5.69 Å². The molecule has 0 aliphatic carbocycles. The SMILES string of the molecule is [2H]c1c([2H])c([2H])c2c(c1[2H])c1c([2H])c([2H])c([2H])c([2H])c1n2-c1ccc2c(c1)N(c1ccc(-c3ccccc3)cc1)c1cc(C(C)(C)C)cc3c1B2c1cc(-c2ccccc2)ccc1N3c1cccc(-c2ccccc2)c1. The van der Waals surface area contributed by atoms with E-state index in [1.807, 2.05) is 42.5 Å². The maximum Gasteiger partial charge on any atom is 0.252 e. The van der Waals surface area contributed by atoms with Crippen LogP contribution in [0.3, 0.4) is 0 Å². The van der Waals surface area contributed by atoms with Crippen LogP contribution in [0.25, 0.3) is 60.9 Å². The highest BCUT2D eigenvalue weighted by Crippen LogP contribution is 2.48. The molecule has 0 unspecified atom stereocenters. The second-order valence-electron chi connectivity index (χ2n) is 18.8. The molecule has 4 heteroatoms. The number of rotatable bonds is 6. The molecule has 0 bridgehead atoms. The molecule has 0 fully saturated rings. The number of aromatic nitrogens is 1. The third-order valence-corrected chi connectivity index (χ3v) is 13.8. The van der Waals surface area contributed by atoms with Crippen LogP contribution >= 0.6 is 0 Å². The summed E-state index contributed by atoms with van der Waals surface area (Å²) >= 11 is 0. The molecular formula is C64H48BN3. The quantitative estimate of drug-likeness (QED) is 0.154. The van der Waals surface area contributed by atoms with Crippen molar-refractivity contribution in [2.45, 2.75) is 26.2 Å². The topological polar surface area (TPSA) is 11.4 Å². The Morgan fingerprint density at radius 1 is 0.382 bits per heavy atom. The fraction of sp³-hybridized carbons (Fsp3) is 0.0625. The number of hydrogen-bond donors (Lipinski definition) is 0. The lowest BCUT2D eigenvalue weighted by Crippen LogP contribution is -2.61. The summed E-state index contributed by atoms with van der Waals surface area (Å²) in [6.07, 6.45) is 0. The third kappa shape index (κ3) is 6.43. The van der Waals surface area contributed by atoms with Crippen molar-refractivity contribution >= 4 is 79.0 Å². The number of hydrogen-bond acceptors (Lipinski definition) is 2. The highest BCUT2D eigenvalue weighted by atomic mass is 15.2. The molecule has 13 rings (SSSR count). The normalized spacial score (nSPS) is 14.5. The van der Waals surface area contributed by atoms with Crippen molar-refractivity contribution in [2.24, 2.45) is 0 Å². The van der Waals surface area contributed by atoms with E-state index in [1.165, 1.54) is 0 Å². The number of nitrogens with zero attached hydrogens (tertiary/aromatic N) is 3. The first-order valence-corrected chi connectivity index (χ1v) is 23.1. The molecule has 0 saturated carbocycles. The highest BCUT2D eigenvalue weighted by Gasteiger charge is 2.44. The van der Waals surface area contributed by atoms with Crippen molar-refractivity contribution < 1.29 is 11.0 Å². The van der Waals surface area contributed by atoms with Crippen LogP contribution in [0.4, 0.5) is 34.1 Å². The molecule has 0 saturated heterocycles. The number of para-hydroxylation sites is 2. The van der Waals surface area contributed by atoms with Gasteiger partial charge in [-0.05, 0) is 127 Å². The van der Waals surface area contributed by atoms with Gasteiger partial charge in [-0.2, -0.15) is 0 Å². The van der Waals surface area contributed by atoms with Crippen molar-refractivity contribution in [2.75, 3.05) is 9.80 Å². The van der Waals surface area contributed by atoms with Gasteiger partial charge in [0.2, 0.25) is 0 Å². The summed E-state index contributed by atoms with van der Waals surface area (Å²) in [4.78, 5) is 4.73. The largest absolute Gasteiger partial charge is 0.311 e. The third-order valence-electron chi connectivity index (χ3n) is 13.8. The van der Waals surface area contributed by atoms with Gasteiger partial charge in [0.25, 0.3) is 6.71 Å². The van der Waals surface area contributed by atoms with E-state index in [-0.39, 0.29) is 58.1 Å². The van der Waals surface area contributed by atoms with Crippen LogP contribution in [0.15, 0.2) is 236 Å². The van der Waals surface area contributed by atoms with Crippen molar-refractivity contribution in [3.05, 3.63) is 242 Å². The molecule has 10 aromatic carbocycles. The van der Waals surface area contributed by atoms with E-state index in [0.717, 1.165) is 89.5 Å². The second kappa shape index (κ2) is 15.6. The van der Waals surface area contributed by atoms with Gasteiger partial charge >= 0.3 is 0 Å². The van der Waals surface area contributed by atoms with Crippen LogP contribution in [0.2, 0.25) is 0 Å². The predicted octanol–water partition coefficient (Wildman–Crippen LogP) is 15.2. The smallest absolute Gasteiger partial charge is 0.252 e. The van der Waals surface area contributed by atoms with Gasteiger partial charge < -0.3 is 14.4 Å². The van der Waals surface area contributed by atoms with Gasteiger partial charge in [-0.25, -0.2) is 0 Å². The van der Waals surface area contributed by atoms with Gasteiger partial charge in [-0.15, -0.1) is 0 Å². The van der Waals surface area contributed by atoms with Crippen LogP contribution < -0.4 is 26.2 Å². The summed E-state index contributed by atoms with van der Waals surface area (Å²) in [6, 6.07) is 62.8. The zero-order valence-electron chi connectivity index (χ0n) is 45.8. The van der Waals surface area contributed by atoms with Crippen LogP contribution in [-0.4, -0.2) is 11.3 Å². The minimum atomic E-state index is -0.478. The Kier molecular flexibility index (Phi) is 7.44. The molecule has 2 aliphatic rings. The van der Waals surface area contributed by atoms with E-state index in [2.05, 4.69) is 176 Å². The lowest BCUT2D eigenvalue weighted by atomic mass is 9.33. The van der Waals surface area contributed by atoms with Crippen molar-refractivity contribution in [1.29, 1.82) is 0 Å². The lowest BCUT2D eigenvalue weighted by molar-refractivity contribution is 0.590. The maximum absolute atomic E-state index is 9.40. The fourth-order valence-corrected chi connectivity index (χ4v) is 10.5. The minimum Gasteiger partial charge on any atom is -0.311 e. The van der Waals surface area contributed by atoms with Crippen LogP contribution in [0, 0.1) is 0 Å². The summed E-state index contributed by atoms with van der Waals surface area (Å²) in [5.74, 6) is 0. The number of benzene rings is 10. The molecule has 1 aromatic heterocycles. The summed E-state index contributed by atoms with van der Waals surface area (Å²) < 4.78 is 74.1. The Labute approximate surface area is 410 Å². The Bertz CT molecular complexity index is 4120. The van der Waals surface area contributed by atoms with Crippen LogP contribution in [-0.2, 0) is 5.41 Å². The average molecular weight is 878 g/mol. The molecule has 68 heavy (non-hydrogen) atoms. The fourth-order valence-electron chi connectivity index (χ4n) is 10.5. The number of fused-ring (bicyclic) bond motifs is 7. The van der Waals surface area contributed by atoms with Crippen LogP contribution in [0.1, 0.15) is 37.3 Å². The predicted molar refractivity (Wildman–Crippen MR) is 290 cm³/mol. The molecule has 0 spiro atoms. The zero-order chi connectivity index (χ0) is 52.5. The highest BCUT2D eigenvalue weighted by molar-refractivity contribution is 7.00. The lowest BCUT2D eigenvalue weighted by Gasteiger charge is -2.45. The molecular weight excluding hydrogens is 822 g/mol. The maximum atomic E-state index is 9.40. The Morgan fingerprint density at radius 3 is 1.49 bits per heavy atom. The van der Waals surface area contributed by atoms with E-state index < -0.39 is 24.2 Å². The Morgan fingerprint density at radius 2 is 0.882 bits per heavy atom. The first-order chi connectivity index (χ1) is 36.7. The Balaban J connectivity index is 1.15. The average Bonchev–Trinajstić information content (AvgIpc) is 4.00. The summed E-state index contributed by atoms with van der Waals surface area (Å²) in [7, 11) is 0. The first kappa shape index (κ1) is 32.4. The molecule has 0 amide bonds. The summed E-state index contributed by atoms with van der Waals surface area (Å²) in [5, 5.41) is 0.0740. The zero-order valence-corrected chi connectivity index (χ0v) is 37.8. The standard InChI is InChI=1S/C64H48BN3/c1-64(2,3)49-40-61-63-62(41-49)68(51-25-17-24-47(38-51)44-20-9-5-10-21-44)59-37-32-48(45-22-11-6-12-23-45)39-56(59)65(63)55-36-35-52(67-57-28-15-13-26-53(57)54-27-14-16-29-58(54)67)42-60(55)66(61)50-33-30-46(31-34-50)43-18-7-4-8-19-43/h4-42H,1-3H3/i13D,14D,15D,16D,26D,27D,28D,29D. The van der Waals surface area contributed by atoms with Gasteiger partial charge in [0.15, 0.2) is 0 Å². The van der Waals surface area contributed by atoms with Gasteiger partial charge in [-0.3, -0.25) is 0 Å². The Hall–Kier alpha value is -8.34. The summed E-state index contributed by atoms with van der Waals surface area (Å²) in [5.41, 5.74) is 16.9. The van der Waals surface area contributed by atoms with Gasteiger partial charge in [0.05, 0.1) is 22.0 Å². The van der Waals surface area contributed by atoms with E-state index in [9.17, 15) is 5.48 Å². The summed E-state index contributed by atoms with van der Waals surface area (Å²) in [6.45, 7) is 6.40. The van der Waals surface area contributed by atoms with Crippen molar-refractivity contribution in [3.63, 3.8) is 0 Å². The van der Waals surface area contributed by atoms with Gasteiger partial charge in [-0.1, -0.05) is 190 Å². The molecule has 11 aromatic rings. The molecule has 0 radical (unpaired) electrons. The number of anilines is 6. The van der Waals surface area contributed by atoms with Gasteiger partial charge in [0.1, 0.15) is 0 Å². The van der Waals surface area contributed by atoms with Crippen LogP contribution in [0.5, 0.6) is 0 Å². The minimum absolute atomic E-state index is 0.0370.